The number of aromatic nitrogens is 1. The number of fused-ring (bicyclic) bond motifs is 1. The second-order valence-corrected chi connectivity index (χ2v) is 7.32. The Labute approximate surface area is 181 Å². The number of nitrogens with zero attached hydrogens (tertiary/aromatic N) is 1. The summed E-state index contributed by atoms with van der Waals surface area (Å²) in [6.45, 7) is 0.139. The van der Waals surface area contributed by atoms with Crippen molar-refractivity contribution in [3.05, 3.63) is 53.0 Å². The maximum Gasteiger partial charge on any atom is 0.257 e. The summed E-state index contributed by atoms with van der Waals surface area (Å²) in [4.78, 5) is 29.2. The van der Waals surface area contributed by atoms with Gasteiger partial charge in [0, 0.05) is 17.0 Å². The van der Waals surface area contributed by atoms with Gasteiger partial charge < -0.3 is 24.3 Å². The van der Waals surface area contributed by atoms with Crippen molar-refractivity contribution < 1.29 is 28.5 Å². The molecule has 0 saturated carbocycles. The summed E-state index contributed by atoms with van der Waals surface area (Å²) in [6.07, 6.45) is 0.0385. The van der Waals surface area contributed by atoms with E-state index in [2.05, 4.69) is 15.6 Å². The molecule has 4 rings (SSSR count). The Morgan fingerprint density at radius 3 is 2.71 bits per heavy atom. The zero-order chi connectivity index (χ0) is 21.8. The molecule has 0 aliphatic carbocycles. The van der Waals surface area contributed by atoms with E-state index in [1.54, 1.807) is 48.9 Å². The molecule has 1 aliphatic rings. The number of anilines is 2. The number of carbonyl (C=O) groups is 2. The molecule has 31 heavy (non-hydrogen) atoms. The molecular weight excluding hydrogens is 422 g/mol. The smallest absolute Gasteiger partial charge is 0.257 e. The van der Waals surface area contributed by atoms with E-state index >= 15 is 0 Å². The molecule has 0 unspecified atom stereocenters. The van der Waals surface area contributed by atoms with Crippen LogP contribution in [-0.2, 0) is 11.2 Å². The monoisotopic (exact) mass is 441 g/mol. The zero-order valence-electron chi connectivity index (χ0n) is 16.8. The highest BCUT2D eigenvalue weighted by molar-refractivity contribution is 7.14. The number of carbonyl (C=O) groups excluding carboxylic acids is 2. The first-order chi connectivity index (χ1) is 15.1. The van der Waals surface area contributed by atoms with Crippen molar-refractivity contribution >= 4 is 34.0 Å². The normalized spacial score (nSPS) is 11.7. The van der Waals surface area contributed by atoms with Crippen molar-refractivity contribution in [1.29, 1.82) is 0 Å². The fraction of sp³-hybridized carbons (Fsp3) is 0.190. The van der Waals surface area contributed by atoms with Crippen LogP contribution in [0.4, 0.5) is 10.8 Å². The lowest BCUT2D eigenvalue weighted by atomic mass is 10.2. The summed E-state index contributed by atoms with van der Waals surface area (Å²) < 4.78 is 21.0. The third-order valence-electron chi connectivity index (χ3n) is 4.43. The van der Waals surface area contributed by atoms with Crippen molar-refractivity contribution in [3.63, 3.8) is 0 Å². The fourth-order valence-corrected chi connectivity index (χ4v) is 3.63. The van der Waals surface area contributed by atoms with Crippen molar-refractivity contribution in [2.45, 2.75) is 6.42 Å². The average molecular weight is 441 g/mol. The number of benzene rings is 2. The number of hydrogen-bond acceptors (Lipinski definition) is 8. The van der Waals surface area contributed by atoms with Crippen LogP contribution in [0, 0.1) is 0 Å². The molecule has 9 nitrogen and oxygen atoms in total. The van der Waals surface area contributed by atoms with E-state index in [-0.39, 0.29) is 25.0 Å². The van der Waals surface area contributed by atoms with E-state index in [9.17, 15) is 9.59 Å². The molecule has 3 aromatic rings. The Morgan fingerprint density at radius 2 is 1.90 bits per heavy atom. The van der Waals surface area contributed by atoms with Gasteiger partial charge in [-0.15, -0.1) is 11.3 Å². The summed E-state index contributed by atoms with van der Waals surface area (Å²) in [5.41, 5.74) is 1.45. The number of thiazole rings is 1. The van der Waals surface area contributed by atoms with Crippen LogP contribution >= 0.6 is 11.3 Å². The minimum Gasteiger partial charge on any atom is -0.497 e. The summed E-state index contributed by atoms with van der Waals surface area (Å²) >= 11 is 1.24. The summed E-state index contributed by atoms with van der Waals surface area (Å²) in [5.74, 6) is 1.64. The van der Waals surface area contributed by atoms with Crippen LogP contribution in [0.3, 0.4) is 0 Å². The Morgan fingerprint density at radius 1 is 1.06 bits per heavy atom. The Hall–Kier alpha value is -3.79. The van der Waals surface area contributed by atoms with Crippen LogP contribution in [0.2, 0.25) is 0 Å². The molecule has 0 fully saturated rings. The second kappa shape index (κ2) is 8.92. The van der Waals surface area contributed by atoms with Crippen LogP contribution in [-0.4, -0.2) is 37.8 Å². The highest BCUT2D eigenvalue weighted by Gasteiger charge is 2.17. The molecule has 160 valence electrons. The standard InChI is InChI=1S/C21H19N3O6S/c1-27-14-4-6-16(28-2)15(9-14)23-19(25)8-13-10-31-21(22-13)24-20(26)12-3-5-17-18(7-12)30-11-29-17/h3-7,9-10H,8,11H2,1-2H3,(H,23,25)(H,22,24,26). The van der Waals surface area contributed by atoms with Gasteiger partial charge in [0.15, 0.2) is 16.6 Å². The third-order valence-corrected chi connectivity index (χ3v) is 5.24. The number of ether oxygens (including phenoxy) is 4. The number of methoxy groups -OCH3 is 2. The van der Waals surface area contributed by atoms with Gasteiger partial charge in [-0.05, 0) is 30.3 Å². The molecule has 0 saturated heterocycles. The lowest BCUT2D eigenvalue weighted by Gasteiger charge is -2.11. The van der Waals surface area contributed by atoms with E-state index in [0.717, 1.165) is 0 Å². The molecule has 2 N–H and O–H groups in total. The highest BCUT2D eigenvalue weighted by atomic mass is 32.1. The molecule has 0 atom stereocenters. The van der Waals surface area contributed by atoms with E-state index in [4.69, 9.17) is 18.9 Å². The van der Waals surface area contributed by atoms with Crippen molar-refractivity contribution in [1.82, 2.24) is 4.98 Å². The summed E-state index contributed by atoms with van der Waals surface area (Å²) in [7, 11) is 3.06. The first-order valence-electron chi connectivity index (χ1n) is 9.23. The minimum absolute atomic E-state index is 0.0385. The van der Waals surface area contributed by atoms with E-state index in [1.807, 2.05) is 0 Å². The molecule has 0 radical (unpaired) electrons. The van der Waals surface area contributed by atoms with Gasteiger partial charge >= 0.3 is 0 Å². The number of amides is 2. The van der Waals surface area contributed by atoms with Gasteiger partial charge in [-0.3, -0.25) is 14.9 Å². The quantitative estimate of drug-likeness (QED) is 0.579. The first-order valence-corrected chi connectivity index (χ1v) is 10.1. The van der Waals surface area contributed by atoms with Crippen molar-refractivity contribution in [2.24, 2.45) is 0 Å². The molecule has 1 aliphatic heterocycles. The zero-order valence-corrected chi connectivity index (χ0v) is 17.6. The third kappa shape index (κ3) is 4.69. The van der Waals surface area contributed by atoms with Gasteiger partial charge in [0.25, 0.3) is 5.91 Å². The highest BCUT2D eigenvalue weighted by Crippen LogP contribution is 2.33. The lowest BCUT2D eigenvalue weighted by molar-refractivity contribution is -0.115. The minimum atomic E-state index is -0.329. The predicted molar refractivity (Wildman–Crippen MR) is 115 cm³/mol. The maximum atomic E-state index is 12.5. The van der Waals surface area contributed by atoms with Crippen molar-refractivity contribution in [3.8, 4) is 23.0 Å². The van der Waals surface area contributed by atoms with Gasteiger partial charge in [-0.25, -0.2) is 4.98 Å². The topological polar surface area (TPSA) is 108 Å². The number of hydrogen-bond donors (Lipinski definition) is 2. The molecule has 1 aromatic heterocycles. The van der Waals surface area contributed by atoms with Gasteiger partial charge in [-0.2, -0.15) is 0 Å². The largest absolute Gasteiger partial charge is 0.497 e. The van der Waals surface area contributed by atoms with E-state index in [1.165, 1.54) is 18.4 Å². The molecular formula is C21H19N3O6S. The SMILES string of the molecule is COc1ccc(OC)c(NC(=O)Cc2csc(NC(=O)c3ccc4c(c3)OCO4)n2)c1. The maximum absolute atomic E-state index is 12.5. The van der Waals surface area contributed by atoms with Crippen LogP contribution in [0.5, 0.6) is 23.0 Å². The Balaban J connectivity index is 1.38. The van der Waals surface area contributed by atoms with Crippen LogP contribution in [0.1, 0.15) is 16.1 Å². The number of rotatable bonds is 7. The van der Waals surface area contributed by atoms with Gasteiger partial charge in [0.1, 0.15) is 11.5 Å². The fourth-order valence-electron chi connectivity index (χ4n) is 2.92. The van der Waals surface area contributed by atoms with Gasteiger partial charge in [0.05, 0.1) is 32.0 Å². The molecule has 10 heteroatoms. The Kier molecular flexibility index (Phi) is 5.89. The van der Waals surface area contributed by atoms with Crippen LogP contribution < -0.4 is 29.6 Å². The first kappa shape index (κ1) is 20.5. The van der Waals surface area contributed by atoms with Crippen molar-refractivity contribution in [2.75, 3.05) is 31.6 Å². The van der Waals surface area contributed by atoms with E-state index in [0.29, 0.717) is 45.1 Å². The van der Waals surface area contributed by atoms with Gasteiger partial charge in [-0.1, -0.05) is 0 Å². The summed E-state index contributed by atoms with van der Waals surface area (Å²) in [5, 5.41) is 7.63. The second-order valence-electron chi connectivity index (χ2n) is 6.46. The molecule has 2 aromatic carbocycles. The number of nitrogens with one attached hydrogen (secondary N) is 2. The average Bonchev–Trinajstić information content (AvgIpc) is 3.42. The predicted octanol–water partition coefficient (Wildman–Crippen LogP) is 3.32. The molecule has 0 bridgehead atoms. The lowest BCUT2D eigenvalue weighted by Crippen LogP contribution is -2.16. The van der Waals surface area contributed by atoms with Crippen LogP contribution in [0.15, 0.2) is 41.8 Å². The van der Waals surface area contributed by atoms with E-state index < -0.39 is 0 Å². The molecule has 2 heterocycles. The molecule has 0 spiro atoms. The van der Waals surface area contributed by atoms with Gasteiger partial charge in [0.2, 0.25) is 12.7 Å². The summed E-state index contributed by atoms with van der Waals surface area (Å²) in [6, 6.07) is 10.1. The molecule has 2 amide bonds. The Bertz CT molecular complexity index is 1130. The van der Waals surface area contributed by atoms with Crippen LogP contribution in [0.25, 0.3) is 0 Å².